The van der Waals surface area contributed by atoms with Crippen LogP contribution in [0.1, 0.15) is 5.69 Å². The first-order valence-corrected chi connectivity index (χ1v) is 6.75. The molecular formula is C13H14N2O2S. The Hall–Kier alpha value is -1.88. The Morgan fingerprint density at radius 2 is 2.06 bits per heavy atom. The molecule has 0 bridgehead atoms. The molecule has 1 heterocycles. The number of hydrogen-bond acceptors (Lipinski definition) is 4. The number of aromatic nitrogens is 1. The Balaban J connectivity index is 2.16. The molecule has 5 heteroatoms. The van der Waals surface area contributed by atoms with Gasteiger partial charge in [0.1, 0.15) is 0 Å². The summed E-state index contributed by atoms with van der Waals surface area (Å²) in [5.74, 6) is 0.873. The second kappa shape index (κ2) is 5.64. The Bertz CT molecular complexity index is 572. The van der Waals surface area contributed by atoms with E-state index < -0.39 is 10.8 Å². The van der Waals surface area contributed by atoms with Gasteiger partial charge in [-0.05, 0) is 24.3 Å². The summed E-state index contributed by atoms with van der Waals surface area (Å²) in [5.41, 5.74) is 7.01. The molecule has 1 unspecified atom stereocenters. The zero-order chi connectivity index (χ0) is 13.0. The van der Waals surface area contributed by atoms with Crippen LogP contribution >= 0.6 is 0 Å². The summed E-state index contributed by atoms with van der Waals surface area (Å²) >= 11 is 0. The van der Waals surface area contributed by atoms with Gasteiger partial charge in [-0.2, -0.15) is 0 Å². The summed E-state index contributed by atoms with van der Waals surface area (Å²) in [6.45, 7) is 0. The maximum Gasteiger partial charge on any atom is 0.213 e. The van der Waals surface area contributed by atoms with Crippen molar-refractivity contribution in [2.45, 2.75) is 10.6 Å². The molecule has 0 saturated carbocycles. The Kier molecular flexibility index (Phi) is 3.94. The molecule has 0 saturated heterocycles. The zero-order valence-corrected chi connectivity index (χ0v) is 10.8. The molecule has 0 aliphatic rings. The van der Waals surface area contributed by atoms with Gasteiger partial charge in [0, 0.05) is 16.6 Å². The van der Waals surface area contributed by atoms with Crippen molar-refractivity contribution in [3.8, 4) is 5.88 Å². The van der Waals surface area contributed by atoms with Gasteiger partial charge in [0.2, 0.25) is 5.88 Å². The molecule has 1 atom stereocenters. The fraction of sp³-hybridized carbons (Fsp3) is 0.154. The average Bonchev–Trinajstić information content (AvgIpc) is 2.39. The van der Waals surface area contributed by atoms with Crippen molar-refractivity contribution in [3.63, 3.8) is 0 Å². The highest BCUT2D eigenvalue weighted by atomic mass is 32.2. The largest absolute Gasteiger partial charge is 0.481 e. The van der Waals surface area contributed by atoms with Crippen LogP contribution in [0.15, 0.2) is 47.4 Å². The number of nitrogens with two attached hydrogens (primary N) is 1. The number of nitrogens with zero attached hydrogens (tertiary/aromatic N) is 1. The van der Waals surface area contributed by atoms with Crippen molar-refractivity contribution in [2.24, 2.45) is 0 Å². The second-order valence-corrected chi connectivity index (χ2v) is 5.18. The first-order valence-electron chi connectivity index (χ1n) is 5.43. The van der Waals surface area contributed by atoms with E-state index in [0.29, 0.717) is 22.2 Å². The van der Waals surface area contributed by atoms with E-state index in [1.807, 2.05) is 12.1 Å². The molecule has 2 N–H and O–H groups in total. The summed E-state index contributed by atoms with van der Waals surface area (Å²) in [7, 11) is 0.404. The Morgan fingerprint density at radius 3 is 2.78 bits per heavy atom. The summed E-state index contributed by atoms with van der Waals surface area (Å²) in [6.07, 6.45) is 0. The minimum Gasteiger partial charge on any atom is -0.481 e. The molecular weight excluding hydrogens is 248 g/mol. The zero-order valence-electron chi connectivity index (χ0n) is 10.00. The van der Waals surface area contributed by atoms with E-state index in [0.717, 1.165) is 5.69 Å². The van der Waals surface area contributed by atoms with Crippen LogP contribution in [0.5, 0.6) is 5.88 Å². The minimum atomic E-state index is -1.15. The van der Waals surface area contributed by atoms with E-state index in [4.69, 9.17) is 10.5 Å². The van der Waals surface area contributed by atoms with Gasteiger partial charge in [0.25, 0.3) is 0 Å². The highest BCUT2D eigenvalue weighted by Gasteiger charge is 2.07. The smallest absolute Gasteiger partial charge is 0.213 e. The third-order valence-corrected chi connectivity index (χ3v) is 3.73. The molecule has 0 aliphatic carbocycles. The summed E-state index contributed by atoms with van der Waals surface area (Å²) in [4.78, 5) is 4.94. The predicted molar refractivity (Wildman–Crippen MR) is 71.8 cm³/mol. The Labute approximate surface area is 108 Å². The molecule has 18 heavy (non-hydrogen) atoms. The summed E-state index contributed by atoms with van der Waals surface area (Å²) < 4.78 is 17.2. The molecule has 0 aliphatic heterocycles. The van der Waals surface area contributed by atoms with E-state index in [9.17, 15) is 4.21 Å². The fourth-order valence-corrected chi connectivity index (χ4v) is 2.62. The normalized spacial score (nSPS) is 12.1. The number of methoxy groups -OCH3 is 1. The lowest BCUT2D eigenvalue weighted by Gasteiger charge is -2.04. The number of pyridine rings is 1. The lowest BCUT2D eigenvalue weighted by Crippen LogP contribution is -2.00. The Morgan fingerprint density at radius 1 is 1.28 bits per heavy atom. The van der Waals surface area contributed by atoms with Crippen molar-refractivity contribution in [1.82, 2.24) is 4.98 Å². The molecule has 0 fully saturated rings. The van der Waals surface area contributed by atoms with Gasteiger partial charge < -0.3 is 10.5 Å². The number of nitrogen functional groups attached to an aromatic ring is 1. The predicted octanol–water partition coefficient (Wildman–Crippen LogP) is 1.98. The van der Waals surface area contributed by atoms with E-state index in [-0.39, 0.29) is 0 Å². The van der Waals surface area contributed by atoms with Gasteiger partial charge in [0.05, 0.1) is 29.4 Å². The standard InChI is InChI=1S/C13H14N2O2S/c1-17-13-7-3-5-11(15-13)9-18(16)12-6-2-4-10(14)8-12/h2-8H,9,14H2,1H3. The number of rotatable bonds is 4. The molecule has 0 spiro atoms. The van der Waals surface area contributed by atoms with Crippen molar-refractivity contribution >= 4 is 16.5 Å². The number of hydrogen-bond donors (Lipinski definition) is 1. The van der Waals surface area contributed by atoms with Crippen LogP contribution in [0, 0.1) is 0 Å². The van der Waals surface area contributed by atoms with E-state index in [1.54, 1.807) is 37.4 Å². The monoisotopic (exact) mass is 262 g/mol. The minimum absolute atomic E-state index is 0.348. The maximum absolute atomic E-state index is 12.1. The van der Waals surface area contributed by atoms with Crippen molar-refractivity contribution < 1.29 is 8.95 Å². The van der Waals surface area contributed by atoms with E-state index in [2.05, 4.69) is 4.98 Å². The van der Waals surface area contributed by atoms with Crippen molar-refractivity contribution in [2.75, 3.05) is 12.8 Å². The van der Waals surface area contributed by atoms with Crippen LogP contribution in [-0.4, -0.2) is 16.3 Å². The van der Waals surface area contributed by atoms with Crippen LogP contribution in [0.25, 0.3) is 0 Å². The van der Waals surface area contributed by atoms with Crippen LogP contribution in [-0.2, 0) is 16.6 Å². The first-order chi connectivity index (χ1) is 8.69. The van der Waals surface area contributed by atoms with E-state index >= 15 is 0 Å². The van der Waals surface area contributed by atoms with Gasteiger partial charge in [-0.15, -0.1) is 0 Å². The van der Waals surface area contributed by atoms with Gasteiger partial charge in [-0.25, -0.2) is 4.98 Å². The van der Waals surface area contributed by atoms with Crippen molar-refractivity contribution in [3.05, 3.63) is 48.2 Å². The quantitative estimate of drug-likeness (QED) is 0.856. The highest BCUT2D eigenvalue weighted by molar-refractivity contribution is 7.84. The van der Waals surface area contributed by atoms with E-state index in [1.165, 1.54) is 0 Å². The SMILES string of the molecule is COc1cccc(CS(=O)c2cccc(N)c2)n1. The lowest BCUT2D eigenvalue weighted by atomic mass is 10.3. The number of ether oxygens (including phenoxy) is 1. The molecule has 0 amide bonds. The molecule has 1 aromatic heterocycles. The molecule has 0 radical (unpaired) electrons. The summed E-state index contributed by atoms with van der Waals surface area (Å²) in [5, 5.41) is 0. The fourth-order valence-electron chi connectivity index (χ4n) is 1.53. The maximum atomic E-state index is 12.1. The number of anilines is 1. The van der Waals surface area contributed by atoms with Gasteiger partial charge >= 0.3 is 0 Å². The second-order valence-electron chi connectivity index (χ2n) is 3.73. The van der Waals surface area contributed by atoms with Crippen LogP contribution in [0.2, 0.25) is 0 Å². The highest BCUT2D eigenvalue weighted by Crippen LogP contribution is 2.15. The average molecular weight is 262 g/mol. The third-order valence-electron chi connectivity index (χ3n) is 2.39. The molecule has 2 rings (SSSR count). The molecule has 94 valence electrons. The topological polar surface area (TPSA) is 65.2 Å². The van der Waals surface area contributed by atoms with Crippen LogP contribution in [0.3, 0.4) is 0 Å². The number of benzene rings is 1. The molecule has 4 nitrogen and oxygen atoms in total. The third kappa shape index (κ3) is 3.07. The van der Waals surface area contributed by atoms with Crippen LogP contribution < -0.4 is 10.5 Å². The molecule has 2 aromatic rings. The lowest BCUT2D eigenvalue weighted by molar-refractivity contribution is 0.397. The first kappa shape index (κ1) is 12.6. The summed E-state index contributed by atoms with van der Waals surface area (Å²) in [6, 6.07) is 12.5. The van der Waals surface area contributed by atoms with Crippen molar-refractivity contribution in [1.29, 1.82) is 0 Å². The molecule has 1 aromatic carbocycles. The van der Waals surface area contributed by atoms with Crippen LogP contribution in [0.4, 0.5) is 5.69 Å². The van der Waals surface area contributed by atoms with Gasteiger partial charge in [-0.1, -0.05) is 12.1 Å². The van der Waals surface area contributed by atoms with Gasteiger partial charge in [-0.3, -0.25) is 4.21 Å². The van der Waals surface area contributed by atoms with Gasteiger partial charge in [0.15, 0.2) is 0 Å².